The SMILES string of the molecule is CCCCC(=O)Oc1ccc(N=Nc2ccc(OC(=O)CCCC)c(C(=O)Oc3ccc(-c4cc(=S)ss4)cc3)c2)cc1. The van der Waals surface area contributed by atoms with Crippen molar-refractivity contribution in [1.29, 1.82) is 0 Å². The van der Waals surface area contributed by atoms with Gasteiger partial charge in [-0.3, -0.25) is 9.59 Å². The van der Waals surface area contributed by atoms with Gasteiger partial charge in [0.05, 0.1) is 11.4 Å². The Labute approximate surface area is 262 Å². The van der Waals surface area contributed by atoms with Crippen LogP contribution in [-0.4, -0.2) is 17.9 Å². The molecule has 4 aromatic rings. The monoisotopic (exact) mass is 634 g/mol. The Balaban J connectivity index is 1.50. The topological polar surface area (TPSA) is 104 Å². The van der Waals surface area contributed by atoms with Crippen LogP contribution in [0.4, 0.5) is 11.4 Å². The minimum absolute atomic E-state index is 0.0375. The van der Waals surface area contributed by atoms with Crippen molar-refractivity contribution in [3.63, 3.8) is 0 Å². The lowest BCUT2D eigenvalue weighted by Gasteiger charge is -2.11. The van der Waals surface area contributed by atoms with Crippen molar-refractivity contribution < 1.29 is 28.6 Å². The third-order valence-corrected chi connectivity index (χ3v) is 8.95. The molecule has 4 rings (SSSR count). The number of azo groups is 1. The number of rotatable bonds is 13. The molecule has 0 N–H and O–H groups in total. The molecule has 0 aliphatic carbocycles. The molecule has 0 fully saturated rings. The molecule has 0 unspecified atom stereocenters. The summed E-state index contributed by atoms with van der Waals surface area (Å²) in [5.74, 6) is -0.594. The normalized spacial score (nSPS) is 10.9. The van der Waals surface area contributed by atoms with E-state index in [2.05, 4.69) is 10.2 Å². The van der Waals surface area contributed by atoms with Crippen LogP contribution in [-0.2, 0) is 9.59 Å². The molecule has 3 aromatic carbocycles. The van der Waals surface area contributed by atoms with Crippen molar-refractivity contribution in [2.45, 2.75) is 52.4 Å². The summed E-state index contributed by atoms with van der Waals surface area (Å²) in [6, 6.07) is 20.2. The zero-order valence-corrected chi connectivity index (χ0v) is 26.2. The van der Waals surface area contributed by atoms with E-state index in [0.717, 1.165) is 33.5 Å². The molecule has 8 nitrogen and oxygen atoms in total. The van der Waals surface area contributed by atoms with Crippen molar-refractivity contribution in [2.75, 3.05) is 0 Å². The lowest BCUT2D eigenvalue weighted by molar-refractivity contribution is -0.135. The largest absolute Gasteiger partial charge is 0.427 e. The average Bonchev–Trinajstić information content (AvgIpc) is 3.45. The number of unbranched alkanes of at least 4 members (excludes halogenated alkanes) is 2. The molecule has 0 saturated heterocycles. The van der Waals surface area contributed by atoms with Crippen LogP contribution < -0.4 is 14.2 Å². The fraction of sp³-hybridized carbons (Fsp3) is 0.250. The summed E-state index contributed by atoms with van der Waals surface area (Å²) in [6.07, 6.45) is 3.79. The maximum absolute atomic E-state index is 13.3. The van der Waals surface area contributed by atoms with E-state index < -0.39 is 11.9 Å². The van der Waals surface area contributed by atoms with Gasteiger partial charge < -0.3 is 14.2 Å². The first kappa shape index (κ1) is 31.9. The van der Waals surface area contributed by atoms with Crippen LogP contribution in [0.2, 0.25) is 0 Å². The average molecular weight is 635 g/mol. The maximum Gasteiger partial charge on any atom is 0.347 e. The smallest absolute Gasteiger partial charge is 0.347 e. The molecule has 1 aromatic heterocycles. The van der Waals surface area contributed by atoms with Crippen LogP contribution in [0.5, 0.6) is 17.2 Å². The van der Waals surface area contributed by atoms with E-state index in [4.69, 9.17) is 26.4 Å². The van der Waals surface area contributed by atoms with E-state index >= 15 is 0 Å². The molecule has 0 saturated carbocycles. The van der Waals surface area contributed by atoms with Crippen LogP contribution in [0.3, 0.4) is 0 Å². The summed E-state index contributed by atoms with van der Waals surface area (Å²) in [7, 11) is 3.11. The molecule has 0 aliphatic heterocycles. The molecule has 43 heavy (non-hydrogen) atoms. The van der Waals surface area contributed by atoms with Gasteiger partial charge in [-0.05, 0) is 91.2 Å². The standard InChI is InChI=1S/C32H30N2O6S3/c1-3-5-7-29(35)38-24-16-11-22(12-17-24)33-34-23-13-18-27(40-30(36)8-6-4-2)26(19-23)32(37)39-25-14-9-21(10-15-25)28-20-31(41)43-42-28/h9-20H,3-8H2,1-2H3. The van der Waals surface area contributed by atoms with Crippen molar-refractivity contribution in [2.24, 2.45) is 10.2 Å². The first-order valence-corrected chi connectivity index (χ1v) is 16.4. The predicted molar refractivity (Wildman–Crippen MR) is 171 cm³/mol. The highest BCUT2D eigenvalue weighted by Gasteiger charge is 2.19. The fourth-order valence-corrected chi connectivity index (χ4v) is 6.15. The van der Waals surface area contributed by atoms with Gasteiger partial charge in [0.2, 0.25) is 0 Å². The van der Waals surface area contributed by atoms with Gasteiger partial charge in [0.25, 0.3) is 0 Å². The van der Waals surface area contributed by atoms with E-state index in [-0.39, 0.29) is 23.7 Å². The third kappa shape index (κ3) is 9.74. The van der Waals surface area contributed by atoms with Crippen LogP contribution in [0.15, 0.2) is 83.0 Å². The zero-order chi connectivity index (χ0) is 30.6. The number of hydrogen-bond acceptors (Lipinski definition) is 11. The summed E-state index contributed by atoms with van der Waals surface area (Å²) in [5.41, 5.74) is 1.87. The van der Waals surface area contributed by atoms with Gasteiger partial charge in [-0.25, -0.2) is 4.79 Å². The Morgan fingerprint density at radius 3 is 1.91 bits per heavy atom. The number of benzene rings is 3. The van der Waals surface area contributed by atoms with Crippen molar-refractivity contribution in [3.8, 4) is 27.7 Å². The van der Waals surface area contributed by atoms with E-state index in [1.807, 2.05) is 32.0 Å². The molecule has 0 bridgehead atoms. The van der Waals surface area contributed by atoms with Crippen molar-refractivity contribution >= 4 is 62.2 Å². The van der Waals surface area contributed by atoms with Gasteiger partial charge in [0.15, 0.2) is 0 Å². The molecule has 0 aliphatic rings. The Morgan fingerprint density at radius 1 is 0.698 bits per heavy atom. The Morgan fingerprint density at radius 2 is 1.28 bits per heavy atom. The van der Waals surface area contributed by atoms with Gasteiger partial charge in [-0.15, -0.1) is 0 Å². The van der Waals surface area contributed by atoms with Gasteiger partial charge in [-0.2, -0.15) is 10.2 Å². The zero-order valence-electron chi connectivity index (χ0n) is 23.7. The first-order chi connectivity index (χ1) is 20.8. The maximum atomic E-state index is 13.3. The quantitative estimate of drug-likeness (QED) is 0.0474. The van der Waals surface area contributed by atoms with Crippen LogP contribution >= 0.6 is 32.9 Å². The first-order valence-electron chi connectivity index (χ1n) is 13.8. The van der Waals surface area contributed by atoms with E-state index in [9.17, 15) is 14.4 Å². The number of carbonyl (C=O) groups is 3. The molecular weight excluding hydrogens is 605 g/mol. The van der Waals surface area contributed by atoms with Gasteiger partial charge >= 0.3 is 17.9 Å². The Bertz CT molecular complexity index is 1640. The van der Waals surface area contributed by atoms with Gasteiger partial charge in [-0.1, -0.05) is 59.6 Å². The van der Waals surface area contributed by atoms with Gasteiger partial charge in [0.1, 0.15) is 26.6 Å². The Hall–Kier alpha value is -4.06. The fourth-order valence-electron chi connectivity index (χ4n) is 3.75. The van der Waals surface area contributed by atoms with Gasteiger partial charge in [0, 0.05) is 17.7 Å². The summed E-state index contributed by atoms with van der Waals surface area (Å²) < 4.78 is 17.3. The summed E-state index contributed by atoms with van der Waals surface area (Å²) >= 11 is 5.22. The Kier molecular flexibility index (Phi) is 11.8. The predicted octanol–water partition coefficient (Wildman–Crippen LogP) is 10.0. The summed E-state index contributed by atoms with van der Waals surface area (Å²) in [4.78, 5) is 38.5. The number of esters is 3. The van der Waals surface area contributed by atoms with Crippen LogP contribution in [0.1, 0.15) is 62.7 Å². The summed E-state index contributed by atoms with van der Waals surface area (Å²) in [5, 5.41) is 8.46. The second-order valence-electron chi connectivity index (χ2n) is 9.44. The van der Waals surface area contributed by atoms with E-state index in [1.54, 1.807) is 52.8 Å². The molecule has 0 spiro atoms. The molecule has 11 heteroatoms. The molecular formula is C32H30N2O6S3. The number of carbonyl (C=O) groups excluding carboxylic acids is 3. The number of hydrogen-bond donors (Lipinski definition) is 0. The minimum Gasteiger partial charge on any atom is -0.427 e. The van der Waals surface area contributed by atoms with E-state index in [0.29, 0.717) is 35.7 Å². The molecule has 0 atom stereocenters. The second-order valence-corrected chi connectivity index (χ2v) is 12.3. The molecule has 0 amide bonds. The second kappa shape index (κ2) is 16.0. The van der Waals surface area contributed by atoms with Crippen molar-refractivity contribution in [3.05, 3.63) is 82.2 Å². The van der Waals surface area contributed by atoms with Crippen molar-refractivity contribution in [1.82, 2.24) is 0 Å². The highest BCUT2D eigenvalue weighted by atomic mass is 32.9. The molecule has 1 heterocycles. The third-order valence-electron chi connectivity index (χ3n) is 6.04. The van der Waals surface area contributed by atoms with E-state index in [1.165, 1.54) is 22.5 Å². The number of nitrogens with zero attached hydrogens (tertiary/aromatic N) is 2. The highest BCUT2D eigenvalue weighted by Crippen LogP contribution is 2.32. The molecule has 0 radical (unpaired) electrons. The molecule has 222 valence electrons. The lowest BCUT2D eigenvalue weighted by Crippen LogP contribution is -2.14. The lowest BCUT2D eigenvalue weighted by atomic mass is 10.1. The highest BCUT2D eigenvalue weighted by molar-refractivity contribution is 7.80. The summed E-state index contributed by atoms with van der Waals surface area (Å²) in [6.45, 7) is 3.99. The number of ether oxygens (including phenoxy) is 3. The van der Waals surface area contributed by atoms with Crippen LogP contribution in [0.25, 0.3) is 10.4 Å². The minimum atomic E-state index is -0.705. The van der Waals surface area contributed by atoms with Crippen LogP contribution in [0, 0.1) is 3.82 Å².